The van der Waals surface area contributed by atoms with E-state index >= 15 is 0 Å². The minimum atomic E-state index is -3.70. The van der Waals surface area contributed by atoms with Crippen LogP contribution in [0.4, 0.5) is 4.39 Å². The highest BCUT2D eigenvalue weighted by Gasteiger charge is 2.17. The molecule has 0 amide bonds. The largest absolute Gasteiger partial charge is 0.392 e. The van der Waals surface area contributed by atoms with Crippen molar-refractivity contribution < 1.29 is 22.7 Å². The highest BCUT2D eigenvalue weighted by molar-refractivity contribution is 7.89. The van der Waals surface area contributed by atoms with Gasteiger partial charge in [-0.2, -0.15) is 0 Å². The number of halogens is 1. The standard InChI is InChI=1S/C12H18FNO4S/c1-9-6-11(7-10(8-15)12(9)13)19(16,17)14-4-3-5-18-2/h6-7,14-15H,3-5,8H2,1-2H3. The van der Waals surface area contributed by atoms with Gasteiger partial charge in [0.15, 0.2) is 0 Å². The number of sulfonamides is 1. The summed E-state index contributed by atoms with van der Waals surface area (Å²) in [5.74, 6) is -0.583. The van der Waals surface area contributed by atoms with Crippen molar-refractivity contribution in [3.8, 4) is 0 Å². The Labute approximate surface area is 112 Å². The quantitative estimate of drug-likeness (QED) is 0.733. The Bertz CT molecular complexity index is 531. The predicted molar refractivity (Wildman–Crippen MR) is 68.7 cm³/mol. The van der Waals surface area contributed by atoms with Crippen LogP contribution >= 0.6 is 0 Å². The molecule has 2 N–H and O–H groups in total. The third-order valence-corrected chi connectivity index (χ3v) is 4.04. The lowest BCUT2D eigenvalue weighted by molar-refractivity contribution is 0.196. The molecule has 1 aromatic rings. The molecular weight excluding hydrogens is 273 g/mol. The third kappa shape index (κ3) is 4.24. The molecule has 0 aromatic heterocycles. The Morgan fingerprint density at radius 3 is 2.68 bits per heavy atom. The molecule has 0 saturated carbocycles. The van der Waals surface area contributed by atoms with Crippen LogP contribution in [0.3, 0.4) is 0 Å². The Balaban J connectivity index is 2.92. The van der Waals surface area contributed by atoms with Gasteiger partial charge in [-0.15, -0.1) is 0 Å². The summed E-state index contributed by atoms with van der Waals surface area (Å²) < 4.78 is 44.7. The molecule has 0 atom stereocenters. The molecule has 0 heterocycles. The number of nitrogens with one attached hydrogen (secondary N) is 1. The number of methoxy groups -OCH3 is 1. The number of aliphatic hydroxyl groups excluding tert-OH is 1. The van der Waals surface area contributed by atoms with Gasteiger partial charge in [-0.1, -0.05) is 0 Å². The van der Waals surface area contributed by atoms with E-state index in [-0.39, 0.29) is 22.6 Å². The van der Waals surface area contributed by atoms with Crippen molar-refractivity contribution in [3.05, 3.63) is 29.1 Å². The van der Waals surface area contributed by atoms with Crippen molar-refractivity contribution in [1.82, 2.24) is 4.72 Å². The van der Waals surface area contributed by atoms with Crippen molar-refractivity contribution in [2.45, 2.75) is 24.8 Å². The number of hydrogen-bond donors (Lipinski definition) is 2. The Morgan fingerprint density at radius 1 is 1.42 bits per heavy atom. The van der Waals surface area contributed by atoms with Crippen LogP contribution in [0, 0.1) is 12.7 Å². The summed E-state index contributed by atoms with van der Waals surface area (Å²) in [6.07, 6.45) is 0.544. The van der Waals surface area contributed by atoms with Crippen LogP contribution in [0.15, 0.2) is 17.0 Å². The van der Waals surface area contributed by atoms with Crippen molar-refractivity contribution >= 4 is 10.0 Å². The van der Waals surface area contributed by atoms with Gasteiger partial charge >= 0.3 is 0 Å². The zero-order valence-corrected chi connectivity index (χ0v) is 11.8. The molecule has 5 nitrogen and oxygen atoms in total. The molecular formula is C12H18FNO4S. The van der Waals surface area contributed by atoms with Crippen LogP contribution < -0.4 is 4.72 Å². The number of aryl methyl sites for hydroxylation is 1. The molecule has 0 spiro atoms. The van der Waals surface area contributed by atoms with E-state index in [9.17, 15) is 12.8 Å². The van der Waals surface area contributed by atoms with E-state index in [2.05, 4.69) is 4.72 Å². The Hall–Kier alpha value is -1.02. The maximum Gasteiger partial charge on any atom is 0.240 e. The van der Waals surface area contributed by atoms with Gasteiger partial charge in [-0.3, -0.25) is 0 Å². The minimum Gasteiger partial charge on any atom is -0.392 e. The maximum atomic E-state index is 13.5. The lowest BCUT2D eigenvalue weighted by Crippen LogP contribution is -2.26. The zero-order valence-electron chi connectivity index (χ0n) is 10.9. The highest BCUT2D eigenvalue weighted by atomic mass is 32.2. The Kier molecular flexibility index (Phi) is 5.86. The van der Waals surface area contributed by atoms with Crippen LogP contribution in [-0.2, 0) is 21.4 Å². The average molecular weight is 291 g/mol. The smallest absolute Gasteiger partial charge is 0.240 e. The van der Waals surface area contributed by atoms with Gasteiger partial charge in [0.1, 0.15) is 5.82 Å². The maximum absolute atomic E-state index is 13.5. The van der Waals surface area contributed by atoms with Gasteiger partial charge in [0.25, 0.3) is 0 Å². The number of hydrogen-bond acceptors (Lipinski definition) is 4. The summed E-state index contributed by atoms with van der Waals surface area (Å²) in [6.45, 7) is 1.60. The lowest BCUT2D eigenvalue weighted by Gasteiger charge is -2.10. The van der Waals surface area contributed by atoms with Crippen molar-refractivity contribution in [1.29, 1.82) is 0 Å². The van der Waals surface area contributed by atoms with E-state index in [1.807, 2.05) is 0 Å². The summed E-state index contributed by atoms with van der Waals surface area (Å²) >= 11 is 0. The van der Waals surface area contributed by atoms with Gasteiger partial charge in [-0.25, -0.2) is 17.5 Å². The van der Waals surface area contributed by atoms with Crippen molar-refractivity contribution in [3.63, 3.8) is 0 Å². The predicted octanol–water partition coefficient (Wildman–Crippen LogP) is 0.941. The summed E-state index contributed by atoms with van der Waals surface area (Å²) in [5.41, 5.74) is 0.154. The lowest BCUT2D eigenvalue weighted by atomic mass is 10.1. The number of ether oxygens (including phenoxy) is 1. The van der Waals surface area contributed by atoms with Crippen LogP contribution in [0.2, 0.25) is 0 Å². The molecule has 0 aliphatic heterocycles. The third-order valence-electron chi connectivity index (χ3n) is 2.60. The Morgan fingerprint density at radius 2 is 2.11 bits per heavy atom. The van der Waals surface area contributed by atoms with Gasteiger partial charge in [0.2, 0.25) is 10.0 Å². The summed E-state index contributed by atoms with van der Waals surface area (Å²) in [6, 6.07) is 2.38. The van der Waals surface area contributed by atoms with Crippen LogP contribution in [-0.4, -0.2) is 33.8 Å². The topological polar surface area (TPSA) is 75.6 Å². The molecule has 0 saturated heterocycles. The fourth-order valence-electron chi connectivity index (χ4n) is 1.58. The minimum absolute atomic E-state index is 0.0303. The molecule has 0 aliphatic rings. The molecule has 108 valence electrons. The molecule has 0 fully saturated rings. The van der Waals surface area contributed by atoms with Crippen molar-refractivity contribution in [2.24, 2.45) is 0 Å². The van der Waals surface area contributed by atoms with Gasteiger partial charge in [0, 0.05) is 25.8 Å². The van der Waals surface area contributed by atoms with E-state index < -0.39 is 22.4 Å². The molecule has 1 rings (SSSR count). The fourth-order valence-corrected chi connectivity index (χ4v) is 2.79. The summed E-state index contributed by atoms with van der Waals surface area (Å²) in [4.78, 5) is -0.0483. The molecule has 0 aliphatic carbocycles. The molecule has 0 radical (unpaired) electrons. The van der Waals surface area contributed by atoms with Crippen molar-refractivity contribution in [2.75, 3.05) is 20.3 Å². The first kappa shape index (κ1) is 16.0. The SMILES string of the molecule is COCCCNS(=O)(=O)c1cc(C)c(F)c(CO)c1. The average Bonchev–Trinajstić information content (AvgIpc) is 2.37. The van der Waals surface area contributed by atoms with Gasteiger partial charge < -0.3 is 9.84 Å². The van der Waals surface area contributed by atoms with Crippen LogP contribution in [0.25, 0.3) is 0 Å². The second-order valence-electron chi connectivity index (χ2n) is 4.12. The molecule has 7 heteroatoms. The molecule has 0 unspecified atom stereocenters. The van der Waals surface area contributed by atoms with E-state index in [0.717, 1.165) is 6.07 Å². The van der Waals surface area contributed by atoms with Gasteiger partial charge in [0.05, 0.1) is 11.5 Å². The van der Waals surface area contributed by atoms with E-state index in [1.54, 1.807) is 0 Å². The van der Waals surface area contributed by atoms with Gasteiger partial charge in [-0.05, 0) is 31.0 Å². The fraction of sp³-hybridized carbons (Fsp3) is 0.500. The number of rotatable bonds is 7. The number of aliphatic hydroxyl groups is 1. The molecule has 1 aromatic carbocycles. The monoisotopic (exact) mass is 291 g/mol. The molecule has 19 heavy (non-hydrogen) atoms. The summed E-state index contributed by atoms with van der Waals surface area (Å²) in [5, 5.41) is 9.01. The first-order chi connectivity index (χ1) is 8.92. The normalized spacial score (nSPS) is 11.8. The highest BCUT2D eigenvalue weighted by Crippen LogP contribution is 2.19. The first-order valence-corrected chi connectivity index (χ1v) is 7.29. The van der Waals surface area contributed by atoms with Crippen LogP contribution in [0.5, 0.6) is 0 Å². The number of benzene rings is 1. The second kappa shape index (κ2) is 6.95. The first-order valence-electron chi connectivity index (χ1n) is 5.81. The zero-order chi connectivity index (χ0) is 14.5. The van der Waals surface area contributed by atoms with E-state index in [0.29, 0.717) is 13.0 Å². The second-order valence-corrected chi connectivity index (χ2v) is 5.88. The van der Waals surface area contributed by atoms with E-state index in [1.165, 1.54) is 20.1 Å². The van der Waals surface area contributed by atoms with E-state index in [4.69, 9.17) is 9.84 Å². The molecule has 0 bridgehead atoms. The van der Waals surface area contributed by atoms with Crippen LogP contribution in [0.1, 0.15) is 17.5 Å². The summed E-state index contributed by atoms with van der Waals surface area (Å²) in [7, 11) is -2.16.